The van der Waals surface area contributed by atoms with Gasteiger partial charge in [-0.25, -0.2) is 16.8 Å². The molecule has 162 valence electrons. The zero-order valence-electron chi connectivity index (χ0n) is 17.2. The highest BCUT2D eigenvalue weighted by atomic mass is 32.2. The Morgan fingerprint density at radius 1 is 0.742 bits per heavy atom. The van der Waals surface area contributed by atoms with Crippen LogP contribution in [0.3, 0.4) is 0 Å². The molecule has 0 spiro atoms. The van der Waals surface area contributed by atoms with Crippen LogP contribution >= 0.6 is 0 Å². The highest BCUT2D eigenvalue weighted by Gasteiger charge is 2.16. The zero-order chi connectivity index (χ0) is 22.8. The Kier molecular flexibility index (Phi) is 6.19. The number of anilines is 2. The van der Waals surface area contributed by atoms with Crippen LogP contribution in [-0.4, -0.2) is 29.0 Å². The fourth-order valence-electron chi connectivity index (χ4n) is 2.83. The van der Waals surface area contributed by atoms with Gasteiger partial charge in [-0.2, -0.15) is 0 Å². The summed E-state index contributed by atoms with van der Waals surface area (Å²) in [6, 6.07) is 17.0. The monoisotopic (exact) mass is 458 g/mol. The van der Waals surface area contributed by atoms with E-state index in [0.29, 0.717) is 16.9 Å². The largest absolute Gasteiger partial charge is 0.322 e. The van der Waals surface area contributed by atoms with E-state index in [1.165, 1.54) is 36.4 Å². The summed E-state index contributed by atoms with van der Waals surface area (Å²) in [5.74, 6) is -0.462. The van der Waals surface area contributed by atoms with Crippen molar-refractivity contribution in [3.05, 3.63) is 83.4 Å². The van der Waals surface area contributed by atoms with Gasteiger partial charge in [-0.3, -0.25) is 9.52 Å². The summed E-state index contributed by atoms with van der Waals surface area (Å²) < 4.78 is 51.0. The number of sulfone groups is 1. The highest BCUT2D eigenvalue weighted by molar-refractivity contribution is 7.92. The maximum atomic E-state index is 12.6. The molecular formula is C22H22N2O5S2. The van der Waals surface area contributed by atoms with Gasteiger partial charge in [-0.15, -0.1) is 0 Å². The first-order valence-electron chi connectivity index (χ1n) is 9.27. The topological polar surface area (TPSA) is 109 Å². The fraction of sp³-hybridized carbons (Fsp3) is 0.136. The molecule has 3 rings (SSSR count). The third-order valence-corrected chi connectivity index (χ3v) is 7.12. The number of carbonyl (C=O) groups is 1. The van der Waals surface area contributed by atoms with Gasteiger partial charge in [-0.1, -0.05) is 23.8 Å². The standard InChI is InChI=1S/C22H22N2O5S2/c1-15-4-11-19(12-5-15)31(28,29)24-18-9-7-17(8-10-18)23-22(25)21-14-20(30(3,26)27)13-6-16(21)2/h4-14,24H,1-3H3,(H,23,25). The first-order valence-corrected chi connectivity index (χ1v) is 12.6. The smallest absolute Gasteiger partial charge is 0.261 e. The lowest BCUT2D eigenvalue weighted by Gasteiger charge is -2.11. The van der Waals surface area contributed by atoms with Gasteiger partial charge in [-0.05, 0) is 67.9 Å². The number of benzene rings is 3. The van der Waals surface area contributed by atoms with Crippen LogP contribution in [0.2, 0.25) is 0 Å². The van der Waals surface area contributed by atoms with Crippen LogP contribution < -0.4 is 10.0 Å². The minimum atomic E-state index is -3.73. The normalized spacial score (nSPS) is 11.7. The van der Waals surface area contributed by atoms with E-state index < -0.39 is 25.8 Å². The molecule has 3 aromatic rings. The van der Waals surface area contributed by atoms with E-state index in [2.05, 4.69) is 10.0 Å². The maximum absolute atomic E-state index is 12.6. The number of rotatable bonds is 6. The molecule has 0 bridgehead atoms. The van der Waals surface area contributed by atoms with E-state index in [9.17, 15) is 21.6 Å². The SMILES string of the molecule is Cc1ccc(S(=O)(=O)Nc2ccc(NC(=O)c3cc(S(C)(=O)=O)ccc3C)cc2)cc1. The van der Waals surface area contributed by atoms with Gasteiger partial charge < -0.3 is 5.32 Å². The molecule has 3 aromatic carbocycles. The third-order valence-electron chi connectivity index (χ3n) is 4.61. The summed E-state index contributed by atoms with van der Waals surface area (Å²) in [6.07, 6.45) is 1.08. The molecule has 7 nitrogen and oxygen atoms in total. The van der Waals surface area contributed by atoms with Crippen LogP contribution in [-0.2, 0) is 19.9 Å². The molecule has 31 heavy (non-hydrogen) atoms. The molecule has 0 atom stereocenters. The van der Waals surface area contributed by atoms with Crippen LogP contribution in [0.1, 0.15) is 21.5 Å². The summed E-state index contributed by atoms with van der Waals surface area (Å²) in [5, 5.41) is 2.69. The predicted octanol–water partition coefficient (Wildman–Crippen LogP) is 3.76. The number of sulfonamides is 1. The van der Waals surface area contributed by atoms with Gasteiger partial charge in [0.1, 0.15) is 0 Å². The quantitative estimate of drug-likeness (QED) is 0.585. The molecule has 0 saturated heterocycles. The lowest BCUT2D eigenvalue weighted by Crippen LogP contribution is -2.15. The summed E-state index contributed by atoms with van der Waals surface area (Å²) >= 11 is 0. The van der Waals surface area contributed by atoms with Gasteiger partial charge in [0.25, 0.3) is 15.9 Å². The van der Waals surface area contributed by atoms with E-state index in [0.717, 1.165) is 11.8 Å². The van der Waals surface area contributed by atoms with Crippen molar-refractivity contribution in [2.45, 2.75) is 23.6 Å². The first-order chi connectivity index (χ1) is 14.5. The van der Waals surface area contributed by atoms with Gasteiger partial charge >= 0.3 is 0 Å². The molecule has 9 heteroatoms. The molecule has 0 aliphatic heterocycles. The zero-order valence-corrected chi connectivity index (χ0v) is 18.8. The second-order valence-corrected chi connectivity index (χ2v) is 10.9. The molecule has 0 saturated carbocycles. The second-order valence-electron chi connectivity index (χ2n) is 7.20. The Labute approximate surface area is 182 Å². The summed E-state index contributed by atoms with van der Waals surface area (Å²) in [5.41, 5.74) is 2.61. The highest BCUT2D eigenvalue weighted by Crippen LogP contribution is 2.21. The van der Waals surface area contributed by atoms with Gasteiger partial charge in [0.2, 0.25) is 0 Å². The molecule has 2 N–H and O–H groups in total. The Morgan fingerprint density at radius 3 is 1.87 bits per heavy atom. The lowest BCUT2D eigenvalue weighted by molar-refractivity contribution is 0.102. The first kappa shape index (κ1) is 22.5. The van der Waals surface area contributed by atoms with Gasteiger partial charge in [0.05, 0.1) is 9.79 Å². The Morgan fingerprint density at radius 2 is 1.29 bits per heavy atom. The van der Waals surface area contributed by atoms with E-state index in [4.69, 9.17) is 0 Å². The van der Waals surface area contributed by atoms with Crippen LogP contribution in [0.25, 0.3) is 0 Å². The molecule has 0 fully saturated rings. The van der Waals surface area contributed by atoms with Crippen molar-refractivity contribution in [2.24, 2.45) is 0 Å². The van der Waals surface area contributed by atoms with Crippen molar-refractivity contribution in [1.82, 2.24) is 0 Å². The summed E-state index contributed by atoms with van der Waals surface area (Å²) in [6.45, 7) is 3.58. The molecule has 0 heterocycles. The fourth-order valence-corrected chi connectivity index (χ4v) is 4.53. The minimum Gasteiger partial charge on any atom is -0.322 e. The third kappa shape index (κ3) is 5.50. The average Bonchev–Trinajstić information content (AvgIpc) is 2.69. The summed E-state index contributed by atoms with van der Waals surface area (Å²) in [4.78, 5) is 12.8. The summed E-state index contributed by atoms with van der Waals surface area (Å²) in [7, 11) is -7.17. The van der Waals surface area contributed by atoms with Crippen LogP contribution in [0.15, 0.2) is 76.5 Å². The Hall–Kier alpha value is -3.17. The van der Waals surface area contributed by atoms with Crippen molar-refractivity contribution in [2.75, 3.05) is 16.3 Å². The molecule has 0 radical (unpaired) electrons. The van der Waals surface area contributed by atoms with Crippen LogP contribution in [0, 0.1) is 13.8 Å². The average molecular weight is 459 g/mol. The molecular weight excluding hydrogens is 436 g/mol. The van der Waals surface area contributed by atoms with Crippen molar-refractivity contribution in [3.63, 3.8) is 0 Å². The van der Waals surface area contributed by atoms with Gasteiger partial charge in [0.15, 0.2) is 9.84 Å². The number of hydrogen-bond donors (Lipinski definition) is 2. The number of hydrogen-bond acceptors (Lipinski definition) is 5. The van der Waals surface area contributed by atoms with Gasteiger partial charge in [0, 0.05) is 23.2 Å². The Bertz CT molecular complexity index is 1330. The second kappa shape index (κ2) is 8.52. The van der Waals surface area contributed by atoms with E-state index in [1.807, 2.05) is 6.92 Å². The molecule has 0 aliphatic carbocycles. The van der Waals surface area contributed by atoms with Crippen molar-refractivity contribution >= 4 is 37.1 Å². The molecule has 0 unspecified atom stereocenters. The van der Waals surface area contributed by atoms with Crippen LogP contribution in [0.5, 0.6) is 0 Å². The number of amides is 1. The Balaban J connectivity index is 1.75. The van der Waals surface area contributed by atoms with Crippen molar-refractivity contribution < 1.29 is 21.6 Å². The van der Waals surface area contributed by atoms with E-state index in [-0.39, 0.29) is 15.4 Å². The van der Waals surface area contributed by atoms with E-state index in [1.54, 1.807) is 37.3 Å². The number of aryl methyl sites for hydroxylation is 2. The predicted molar refractivity (Wildman–Crippen MR) is 121 cm³/mol. The molecule has 1 amide bonds. The minimum absolute atomic E-state index is 0.0594. The van der Waals surface area contributed by atoms with E-state index >= 15 is 0 Å². The number of nitrogens with one attached hydrogen (secondary N) is 2. The lowest BCUT2D eigenvalue weighted by atomic mass is 10.1. The molecule has 0 aliphatic rings. The molecule has 0 aromatic heterocycles. The van der Waals surface area contributed by atoms with Crippen molar-refractivity contribution in [1.29, 1.82) is 0 Å². The van der Waals surface area contributed by atoms with Crippen LogP contribution in [0.4, 0.5) is 11.4 Å². The maximum Gasteiger partial charge on any atom is 0.261 e. The van der Waals surface area contributed by atoms with Crippen molar-refractivity contribution in [3.8, 4) is 0 Å². The number of carbonyl (C=O) groups excluding carboxylic acids is 1.